The lowest BCUT2D eigenvalue weighted by Crippen LogP contribution is -2.32. The highest BCUT2D eigenvalue weighted by molar-refractivity contribution is 7.13. The van der Waals surface area contributed by atoms with Crippen molar-refractivity contribution >= 4 is 22.2 Å². The summed E-state index contributed by atoms with van der Waals surface area (Å²) in [6, 6.07) is 13.9. The molecule has 1 atom stereocenters. The Morgan fingerprint density at radius 3 is 2.64 bits per heavy atom. The summed E-state index contributed by atoms with van der Waals surface area (Å²) in [5.74, 6) is 0.671. The van der Waals surface area contributed by atoms with Gasteiger partial charge in [0.15, 0.2) is 5.13 Å². The standard InChI is InChI=1S/C35H40N6S/c1-5-39-16-12-28(13-17-39)26-8-10-27(11-9-26)29-19-23(2)31-21-41(25(4)30(31)20-29)34(24(3)38-35-36-14-18-42-35)33-32-7-6-15-40(32)22-37-33/h8-11,14,18-20,22,28,34H,3-7,12-13,15-17,21H2,1-2H3,(H,36,38). The average molecular weight is 577 g/mol. The fourth-order valence-corrected chi connectivity index (χ4v) is 7.74. The predicted octanol–water partition coefficient (Wildman–Crippen LogP) is 7.61. The van der Waals surface area contributed by atoms with Crippen molar-refractivity contribution in [1.82, 2.24) is 24.3 Å². The van der Waals surface area contributed by atoms with E-state index >= 15 is 0 Å². The number of nitrogens with one attached hydrogen (secondary N) is 1. The average Bonchev–Trinajstić information content (AvgIpc) is 3.82. The first-order chi connectivity index (χ1) is 20.5. The molecule has 7 heteroatoms. The summed E-state index contributed by atoms with van der Waals surface area (Å²) in [7, 11) is 0. The van der Waals surface area contributed by atoms with Crippen molar-refractivity contribution in [3.8, 4) is 11.1 Å². The molecule has 1 saturated heterocycles. The van der Waals surface area contributed by atoms with Crippen LogP contribution < -0.4 is 5.32 Å². The Labute approximate surface area is 253 Å². The number of hydrogen-bond donors (Lipinski definition) is 1. The quantitative estimate of drug-likeness (QED) is 0.234. The topological polar surface area (TPSA) is 49.2 Å². The van der Waals surface area contributed by atoms with Gasteiger partial charge in [0.05, 0.1) is 12.0 Å². The zero-order valence-electron chi connectivity index (χ0n) is 24.8. The highest BCUT2D eigenvalue weighted by atomic mass is 32.1. The van der Waals surface area contributed by atoms with Gasteiger partial charge in [0, 0.05) is 47.3 Å². The van der Waals surface area contributed by atoms with Crippen LogP contribution in [0, 0.1) is 6.92 Å². The molecular weight excluding hydrogens is 536 g/mol. The number of nitrogens with zero attached hydrogens (tertiary/aromatic N) is 5. The maximum absolute atomic E-state index is 4.93. The maximum atomic E-state index is 4.93. The molecular formula is C35H40N6S. The Bertz CT molecular complexity index is 1610. The van der Waals surface area contributed by atoms with Crippen LogP contribution in [-0.2, 0) is 19.5 Å². The molecule has 1 unspecified atom stereocenters. The third kappa shape index (κ3) is 4.88. The van der Waals surface area contributed by atoms with Crippen molar-refractivity contribution in [3.63, 3.8) is 0 Å². The molecule has 1 fully saturated rings. The van der Waals surface area contributed by atoms with Gasteiger partial charge in [0.2, 0.25) is 0 Å². The van der Waals surface area contributed by atoms with E-state index in [4.69, 9.17) is 4.98 Å². The van der Waals surface area contributed by atoms with Gasteiger partial charge >= 0.3 is 0 Å². The molecule has 4 aromatic rings. The first-order valence-corrected chi connectivity index (χ1v) is 16.2. The van der Waals surface area contributed by atoms with E-state index in [1.807, 2.05) is 17.9 Å². The number of likely N-dealkylation sites (tertiary alicyclic amines) is 1. The van der Waals surface area contributed by atoms with Gasteiger partial charge in [-0.3, -0.25) is 0 Å². The van der Waals surface area contributed by atoms with Gasteiger partial charge in [-0.05, 0) is 92.0 Å². The molecule has 3 aliphatic heterocycles. The molecule has 2 aromatic carbocycles. The van der Waals surface area contributed by atoms with Gasteiger partial charge in [0.25, 0.3) is 0 Å². The molecule has 216 valence electrons. The summed E-state index contributed by atoms with van der Waals surface area (Å²) in [4.78, 5) is 14.3. The zero-order chi connectivity index (χ0) is 28.8. The Balaban J connectivity index is 1.17. The fraction of sp³-hybridized carbons (Fsp3) is 0.371. The molecule has 7 rings (SSSR count). The minimum Gasteiger partial charge on any atom is -0.353 e. The van der Waals surface area contributed by atoms with Crippen LogP contribution in [0.2, 0.25) is 0 Å². The van der Waals surface area contributed by atoms with E-state index in [1.165, 1.54) is 65.0 Å². The second kappa shape index (κ2) is 11.2. The number of imidazole rings is 1. The van der Waals surface area contributed by atoms with Crippen molar-refractivity contribution in [3.05, 3.63) is 107 Å². The number of aryl methyl sites for hydroxylation is 2. The summed E-state index contributed by atoms with van der Waals surface area (Å²) >= 11 is 1.58. The maximum Gasteiger partial charge on any atom is 0.186 e. The zero-order valence-corrected chi connectivity index (χ0v) is 25.6. The summed E-state index contributed by atoms with van der Waals surface area (Å²) < 4.78 is 2.30. The number of fused-ring (bicyclic) bond motifs is 2. The van der Waals surface area contributed by atoms with Crippen LogP contribution in [0.15, 0.2) is 73.2 Å². The van der Waals surface area contributed by atoms with Crippen LogP contribution in [0.25, 0.3) is 16.8 Å². The lowest BCUT2D eigenvalue weighted by Gasteiger charge is -2.31. The molecule has 3 aliphatic rings. The second-order valence-corrected chi connectivity index (χ2v) is 12.9. The number of benzene rings is 2. The van der Waals surface area contributed by atoms with Crippen LogP contribution in [0.4, 0.5) is 5.13 Å². The van der Waals surface area contributed by atoms with Crippen LogP contribution in [0.1, 0.15) is 71.8 Å². The summed E-state index contributed by atoms with van der Waals surface area (Å²) in [6.07, 6.45) is 8.52. The lowest BCUT2D eigenvalue weighted by molar-refractivity contribution is 0.222. The molecule has 0 saturated carbocycles. The minimum atomic E-state index is -0.135. The first kappa shape index (κ1) is 27.2. The third-order valence-corrected chi connectivity index (χ3v) is 10.3. The number of rotatable bonds is 8. The fourth-order valence-electron chi connectivity index (χ4n) is 7.17. The van der Waals surface area contributed by atoms with Crippen molar-refractivity contribution in [1.29, 1.82) is 0 Å². The largest absolute Gasteiger partial charge is 0.353 e. The molecule has 0 bridgehead atoms. The third-order valence-electron chi connectivity index (χ3n) is 9.60. The molecule has 1 N–H and O–H groups in total. The molecule has 0 aliphatic carbocycles. The van der Waals surface area contributed by atoms with Gasteiger partial charge in [-0.15, -0.1) is 11.3 Å². The van der Waals surface area contributed by atoms with E-state index < -0.39 is 0 Å². The molecule has 42 heavy (non-hydrogen) atoms. The van der Waals surface area contributed by atoms with Gasteiger partial charge in [-0.1, -0.05) is 50.4 Å². The molecule has 2 aromatic heterocycles. The van der Waals surface area contributed by atoms with E-state index in [2.05, 4.69) is 88.1 Å². The van der Waals surface area contributed by atoms with Crippen molar-refractivity contribution in [2.45, 2.75) is 64.6 Å². The number of hydrogen-bond acceptors (Lipinski definition) is 6. The van der Waals surface area contributed by atoms with Crippen LogP contribution in [-0.4, -0.2) is 44.0 Å². The minimum absolute atomic E-state index is 0.135. The van der Waals surface area contributed by atoms with E-state index in [9.17, 15) is 0 Å². The van der Waals surface area contributed by atoms with E-state index in [0.29, 0.717) is 5.92 Å². The Morgan fingerprint density at radius 2 is 1.90 bits per heavy atom. The van der Waals surface area contributed by atoms with Crippen LogP contribution >= 0.6 is 11.3 Å². The summed E-state index contributed by atoms with van der Waals surface area (Å²) in [5.41, 5.74) is 12.2. The number of anilines is 1. The van der Waals surface area contributed by atoms with Crippen molar-refractivity contribution in [2.75, 3.05) is 25.0 Å². The molecule has 0 radical (unpaired) electrons. The molecule has 0 amide bonds. The molecule has 5 heterocycles. The highest BCUT2D eigenvalue weighted by Gasteiger charge is 2.36. The van der Waals surface area contributed by atoms with Crippen molar-refractivity contribution in [2.24, 2.45) is 0 Å². The van der Waals surface area contributed by atoms with Crippen LogP contribution in [0.3, 0.4) is 0 Å². The Hall–Kier alpha value is -3.68. The smallest absolute Gasteiger partial charge is 0.186 e. The summed E-state index contributed by atoms with van der Waals surface area (Å²) in [5, 5.41) is 6.32. The number of thiazole rings is 1. The highest BCUT2D eigenvalue weighted by Crippen LogP contribution is 2.45. The predicted molar refractivity (Wildman–Crippen MR) is 173 cm³/mol. The normalized spacial score (nSPS) is 17.9. The SMILES string of the molecule is C=C(Nc1nccs1)C(c1ncn2c1CCC2)N1Cc2c(C)cc(-c3ccc(C4CCN(CC)CC4)cc3)cc2C1=C. The molecule has 0 spiro atoms. The number of aromatic nitrogens is 3. The summed E-state index contributed by atoms with van der Waals surface area (Å²) in [6.45, 7) is 19.1. The van der Waals surface area contributed by atoms with E-state index in [0.717, 1.165) is 54.7 Å². The van der Waals surface area contributed by atoms with Gasteiger partial charge in [0.1, 0.15) is 6.04 Å². The Kier molecular flexibility index (Phi) is 7.24. The monoisotopic (exact) mass is 576 g/mol. The van der Waals surface area contributed by atoms with Gasteiger partial charge < -0.3 is 19.7 Å². The van der Waals surface area contributed by atoms with E-state index in [-0.39, 0.29) is 6.04 Å². The molecule has 6 nitrogen and oxygen atoms in total. The van der Waals surface area contributed by atoms with Gasteiger partial charge in [-0.25, -0.2) is 9.97 Å². The van der Waals surface area contributed by atoms with E-state index in [1.54, 1.807) is 11.3 Å². The lowest BCUT2D eigenvalue weighted by atomic mass is 9.88. The van der Waals surface area contributed by atoms with Crippen molar-refractivity contribution < 1.29 is 0 Å². The number of piperidine rings is 1. The first-order valence-electron chi connectivity index (χ1n) is 15.3. The van der Waals surface area contributed by atoms with Crippen LogP contribution in [0.5, 0.6) is 0 Å². The second-order valence-electron chi connectivity index (χ2n) is 12.0. The Morgan fingerprint density at radius 1 is 1.10 bits per heavy atom. The van der Waals surface area contributed by atoms with Gasteiger partial charge in [-0.2, -0.15) is 0 Å².